The normalized spacial score (nSPS) is 26.3. The van der Waals surface area contributed by atoms with Crippen molar-refractivity contribution in [3.8, 4) is 0 Å². The van der Waals surface area contributed by atoms with Crippen LogP contribution in [0.5, 0.6) is 0 Å². The Hall–Kier alpha value is -0.430. The second kappa shape index (κ2) is 4.84. The van der Waals surface area contributed by atoms with Gasteiger partial charge in [-0.2, -0.15) is 0 Å². The summed E-state index contributed by atoms with van der Waals surface area (Å²) in [5.41, 5.74) is 0.150. The van der Waals surface area contributed by atoms with E-state index in [2.05, 4.69) is 4.72 Å². The summed E-state index contributed by atoms with van der Waals surface area (Å²) in [5, 5.41) is 0. The monoisotopic (exact) mass is 301 g/mol. The Bertz CT molecular complexity index is 558. The van der Waals surface area contributed by atoms with Gasteiger partial charge in [0.1, 0.15) is 4.21 Å². The van der Waals surface area contributed by atoms with Crippen molar-refractivity contribution in [2.24, 2.45) is 5.41 Å². The van der Waals surface area contributed by atoms with E-state index in [0.29, 0.717) is 4.21 Å². The molecule has 0 amide bonds. The number of sulfonamides is 1. The van der Waals surface area contributed by atoms with E-state index >= 15 is 0 Å². The molecule has 1 aliphatic heterocycles. The maximum atomic E-state index is 12.3. The highest BCUT2D eigenvalue weighted by molar-refractivity contribution is 7.91. The molecule has 2 aliphatic rings. The van der Waals surface area contributed by atoms with Gasteiger partial charge in [0.2, 0.25) is 10.0 Å². The average molecular weight is 301 g/mol. The Labute approximate surface area is 118 Å². The number of nitrogens with one attached hydrogen (secondary N) is 1. The minimum absolute atomic E-state index is 0.0869. The van der Waals surface area contributed by atoms with E-state index < -0.39 is 10.0 Å². The van der Waals surface area contributed by atoms with E-state index in [-0.39, 0.29) is 11.5 Å². The van der Waals surface area contributed by atoms with Crippen LogP contribution in [0, 0.1) is 12.3 Å². The molecule has 1 unspecified atom stereocenters. The molecule has 1 saturated carbocycles. The average Bonchev–Trinajstić information content (AvgIpc) is 2.84. The van der Waals surface area contributed by atoms with Crippen molar-refractivity contribution in [1.82, 2.24) is 4.72 Å². The minimum Gasteiger partial charge on any atom is -0.381 e. The molecular weight excluding hydrogens is 282 g/mol. The Morgan fingerprint density at radius 2 is 2.05 bits per heavy atom. The maximum Gasteiger partial charge on any atom is 0.250 e. The smallest absolute Gasteiger partial charge is 0.250 e. The summed E-state index contributed by atoms with van der Waals surface area (Å²) in [7, 11) is -3.35. The fraction of sp³-hybridized carbons (Fsp3) is 0.692. The summed E-state index contributed by atoms with van der Waals surface area (Å²) in [4.78, 5) is 1.02. The van der Waals surface area contributed by atoms with Gasteiger partial charge in [-0.25, -0.2) is 13.1 Å². The van der Waals surface area contributed by atoms with Crippen LogP contribution in [0.2, 0.25) is 0 Å². The van der Waals surface area contributed by atoms with E-state index in [1.165, 1.54) is 11.3 Å². The number of ether oxygens (including phenoxy) is 1. The molecule has 2 heterocycles. The zero-order chi connectivity index (χ0) is 13.5. The Morgan fingerprint density at radius 3 is 2.58 bits per heavy atom. The molecule has 1 saturated heterocycles. The Balaban J connectivity index is 1.74. The molecule has 6 heteroatoms. The molecule has 3 rings (SSSR count). The standard InChI is InChI=1S/C13H19NO3S2/c1-10-2-3-12(18-10)19(15,16)14-11-4-5-13(11)6-8-17-9-7-13/h2-3,11,14H,4-9H2,1H3. The van der Waals surface area contributed by atoms with E-state index in [4.69, 9.17) is 4.74 Å². The molecule has 19 heavy (non-hydrogen) atoms. The predicted molar refractivity (Wildman–Crippen MR) is 74.9 cm³/mol. The molecule has 1 aromatic heterocycles. The van der Waals surface area contributed by atoms with Crippen molar-refractivity contribution in [1.29, 1.82) is 0 Å². The highest BCUT2D eigenvalue weighted by Crippen LogP contribution is 2.49. The molecular formula is C13H19NO3S2. The van der Waals surface area contributed by atoms with Crippen molar-refractivity contribution >= 4 is 21.4 Å². The SMILES string of the molecule is Cc1ccc(S(=O)(=O)NC2CCC23CCOCC3)s1. The van der Waals surface area contributed by atoms with Crippen molar-refractivity contribution in [3.63, 3.8) is 0 Å². The molecule has 1 aromatic rings. The first-order valence-electron chi connectivity index (χ1n) is 6.68. The number of hydrogen-bond donors (Lipinski definition) is 1. The molecule has 0 radical (unpaired) electrons. The highest BCUT2D eigenvalue weighted by Gasteiger charge is 2.48. The lowest BCUT2D eigenvalue weighted by Crippen LogP contribution is -2.57. The number of rotatable bonds is 3. The third-order valence-electron chi connectivity index (χ3n) is 4.44. The number of hydrogen-bond acceptors (Lipinski definition) is 4. The summed E-state index contributed by atoms with van der Waals surface area (Å²) in [5.74, 6) is 0. The molecule has 106 valence electrons. The van der Waals surface area contributed by atoms with Crippen molar-refractivity contribution in [2.45, 2.75) is 42.9 Å². The van der Waals surface area contributed by atoms with Crippen molar-refractivity contribution in [3.05, 3.63) is 17.0 Å². The minimum atomic E-state index is -3.35. The molecule has 0 bridgehead atoms. The number of aryl methyl sites for hydroxylation is 1. The lowest BCUT2D eigenvalue weighted by atomic mass is 9.60. The summed E-state index contributed by atoms with van der Waals surface area (Å²) in [6.07, 6.45) is 4.02. The van der Waals surface area contributed by atoms with Gasteiger partial charge in [0.25, 0.3) is 0 Å². The van der Waals surface area contributed by atoms with Crippen LogP contribution in [-0.4, -0.2) is 27.7 Å². The van der Waals surface area contributed by atoms with Gasteiger partial charge in [-0.15, -0.1) is 11.3 Å². The molecule has 1 spiro atoms. The zero-order valence-electron chi connectivity index (χ0n) is 11.0. The second-order valence-corrected chi connectivity index (χ2v) is 8.78. The fourth-order valence-corrected chi connectivity index (χ4v) is 5.73. The van der Waals surface area contributed by atoms with Gasteiger partial charge < -0.3 is 4.74 Å². The predicted octanol–water partition coefficient (Wildman–Crippen LogP) is 2.29. The zero-order valence-corrected chi connectivity index (χ0v) is 12.6. The van der Waals surface area contributed by atoms with Crippen LogP contribution >= 0.6 is 11.3 Å². The van der Waals surface area contributed by atoms with Gasteiger partial charge in [0.15, 0.2) is 0 Å². The van der Waals surface area contributed by atoms with Gasteiger partial charge in [0.05, 0.1) is 0 Å². The van der Waals surface area contributed by atoms with E-state index in [1.54, 1.807) is 6.07 Å². The second-order valence-electron chi connectivity index (χ2n) is 5.55. The van der Waals surface area contributed by atoms with Crippen molar-refractivity contribution < 1.29 is 13.2 Å². The lowest BCUT2D eigenvalue weighted by molar-refractivity contribution is -0.0483. The van der Waals surface area contributed by atoms with Gasteiger partial charge in [-0.1, -0.05) is 0 Å². The van der Waals surface area contributed by atoms with Gasteiger partial charge in [-0.3, -0.25) is 0 Å². The van der Waals surface area contributed by atoms with E-state index in [0.717, 1.165) is 43.8 Å². The molecule has 1 N–H and O–H groups in total. The first-order valence-corrected chi connectivity index (χ1v) is 8.98. The number of thiophene rings is 1. The van der Waals surface area contributed by atoms with E-state index in [9.17, 15) is 8.42 Å². The van der Waals surface area contributed by atoms with Crippen LogP contribution in [0.3, 0.4) is 0 Å². The van der Waals surface area contributed by atoms with Crippen LogP contribution in [0.15, 0.2) is 16.3 Å². The summed E-state index contributed by atoms with van der Waals surface area (Å²) < 4.78 is 33.4. The first kappa shape index (κ1) is 13.5. The highest BCUT2D eigenvalue weighted by atomic mass is 32.2. The molecule has 1 atom stereocenters. The van der Waals surface area contributed by atoms with Crippen LogP contribution in [0.4, 0.5) is 0 Å². The molecule has 0 aromatic carbocycles. The van der Waals surface area contributed by atoms with Crippen molar-refractivity contribution in [2.75, 3.05) is 13.2 Å². The summed E-state index contributed by atoms with van der Waals surface area (Å²) in [6.45, 7) is 3.44. The molecule has 1 aliphatic carbocycles. The van der Waals surface area contributed by atoms with E-state index in [1.807, 2.05) is 13.0 Å². The maximum absolute atomic E-state index is 12.3. The quantitative estimate of drug-likeness (QED) is 0.932. The first-order chi connectivity index (χ1) is 9.02. The van der Waals surface area contributed by atoms with Crippen LogP contribution in [0.1, 0.15) is 30.6 Å². The third kappa shape index (κ3) is 2.46. The van der Waals surface area contributed by atoms with Gasteiger partial charge in [-0.05, 0) is 50.2 Å². The summed E-state index contributed by atoms with van der Waals surface area (Å²) >= 11 is 1.33. The molecule has 4 nitrogen and oxygen atoms in total. The van der Waals surface area contributed by atoms with Crippen LogP contribution in [0.25, 0.3) is 0 Å². The Morgan fingerprint density at radius 1 is 1.32 bits per heavy atom. The summed E-state index contributed by atoms with van der Waals surface area (Å²) in [6, 6.07) is 3.63. The van der Waals surface area contributed by atoms with Crippen LogP contribution < -0.4 is 4.72 Å². The molecule has 2 fully saturated rings. The largest absolute Gasteiger partial charge is 0.381 e. The fourth-order valence-electron chi connectivity index (χ4n) is 3.06. The Kier molecular flexibility index (Phi) is 3.45. The van der Waals surface area contributed by atoms with Gasteiger partial charge in [0, 0.05) is 24.1 Å². The topological polar surface area (TPSA) is 55.4 Å². The third-order valence-corrected chi connectivity index (χ3v) is 7.40. The lowest BCUT2D eigenvalue weighted by Gasteiger charge is -2.51. The van der Waals surface area contributed by atoms with Gasteiger partial charge >= 0.3 is 0 Å². The van der Waals surface area contributed by atoms with Crippen LogP contribution in [-0.2, 0) is 14.8 Å².